The normalized spacial score (nSPS) is 19.4. The van der Waals surface area contributed by atoms with Crippen LogP contribution in [0.4, 0.5) is 0 Å². The molecule has 0 aromatic heterocycles. The summed E-state index contributed by atoms with van der Waals surface area (Å²) in [6.07, 6.45) is 4.10. The first-order valence-electron chi connectivity index (χ1n) is 6.53. The van der Waals surface area contributed by atoms with Gasteiger partial charge in [0.15, 0.2) is 0 Å². The SMILES string of the molecule is CCC(N[C@H](C)c1ccc(C)cc1)C1CC1. The van der Waals surface area contributed by atoms with E-state index in [1.54, 1.807) is 0 Å². The quantitative estimate of drug-likeness (QED) is 0.790. The molecule has 1 unspecified atom stereocenters. The van der Waals surface area contributed by atoms with E-state index in [0.29, 0.717) is 6.04 Å². The highest BCUT2D eigenvalue weighted by atomic mass is 15.0. The summed E-state index contributed by atoms with van der Waals surface area (Å²) >= 11 is 0. The molecule has 16 heavy (non-hydrogen) atoms. The Balaban J connectivity index is 1.95. The molecule has 0 saturated heterocycles. The summed E-state index contributed by atoms with van der Waals surface area (Å²) in [5.74, 6) is 0.942. The van der Waals surface area contributed by atoms with E-state index in [2.05, 4.69) is 50.4 Å². The van der Waals surface area contributed by atoms with Crippen molar-refractivity contribution < 1.29 is 0 Å². The van der Waals surface area contributed by atoms with Gasteiger partial charge in [0.05, 0.1) is 0 Å². The van der Waals surface area contributed by atoms with E-state index < -0.39 is 0 Å². The topological polar surface area (TPSA) is 12.0 Å². The van der Waals surface area contributed by atoms with Gasteiger partial charge in [0.25, 0.3) is 0 Å². The van der Waals surface area contributed by atoms with E-state index in [1.165, 1.54) is 30.4 Å². The molecule has 0 spiro atoms. The van der Waals surface area contributed by atoms with E-state index in [-0.39, 0.29) is 0 Å². The first kappa shape index (κ1) is 11.7. The van der Waals surface area contributed by atoms with Crippen molar-refractivity contribution in [2.24, 2.45) is 5.92 Å². The molecule has 88 valence electrons. The monoisotopic (exact) mass is 217 g/mol. The van der Waals surface area contributed by atoms with Crippen LogP contribution in [0.3, 0.4) is 0 Å². The molecule has 1 heteroatoms. The number of nitrogens with one attached hydrogen (secondary N) is 1. The maximum Gasteiger partial charge on any atom is 0.0294 e. The number of aryl methyl sites for hydroxylation is 1. The molecular formula is C15H23N. The lowest BCUT2D eigenvalue weighted by atomic mass is 10.0. The van der Waals surface area contributed by atoms with E-state index in [1.807, 2.05) is 0 Å². The Bertz CT molecular complexity index is 324. The molecule has 0 radical (unpaired) electrons. The van der Waals surface area contributed by atoms with Crippen molar-refractivity contribution in [1.29, 1.82) is 0 Å². The van der Waals surface area contributed by atoms with Crippen molar-refractivity contribution in [2.75, 3.05) is 0 Å². The van der Waals surface area contributed by atoms with E-state index in [4.69, 9.17) is 0 Å². The van der Waals surface area contributed by atoms with Gasteiger partial charge in [-0.25, -0.2) is 0 Å². The predicted octanol–water partition coefficient (Wildman–Crippen LogP) is 3.83. The molecule has 2 rings (SSSR count). The summed E-state index contributed by atoms with van der Waals surface area (Å²) in [4.78, 5) is 0. The van der Waals surface area contributed by atoms with Crippen molar-refractivity contribution in [3.8, 4) is 0 Å². The summed E-state index contributed by atoms with van der Waals surface area (Å²) in [7, 11) is 0. The van der Waals surface area contributed by atoms with Crippen LogP contribution in [-0.4, -0.2) is 6.04 Å². The van der Waals surface area contributed by atoms with Gasteiger partial charge < -0.3 is 5.32 Å². The Hall–Kier alpha value is -0.820. The van der Waals surface area contributed by atoms with Crippen molar-refractivity contribution in [3.05, 3.63) is 35.4 Å². The Morgan fingerprint density at radius 2 is 1.88 bits per heavy atom. The first-order chi connectivity index (χ1) is 7.70. The predicted molar refractivity (Wildman–Crippen MR) is 69.5 cm³/mol. The summed E-state index contributed by atoms with van der Waals surface area (Å²) in [6, 6.07) is 10.1. The second-order valence-electron chi connectivity index (χ2n) is 5.15. The minimum absolute atomic E-state index is 0.478. The number of benzene rings is 1. The summed E-state index contributed by atoms with van der Waals surface area (Å²) < 4.78 is 0. The second-order valence-corrected chi connectivity index (χ2v) is 5.15. The molecule has 1 aromatic carbocycles. The van der Waals surface area contributed by atoms with Crippen LogP contribution in [0.5, 0.6) is 0 Å². The highest BCUT2D eigenvalue weighted by Gasteiger charge is 2.30. The summed E-state index contributed by atoms with van der Waals surface area (Å²) in [6.45, 7) is 6.70. The van der Waals surface area contributed by atoms with Gasteiger partial charge in [-0.15, -0.1) is 0 Å². The molecule has 0 amide bonds. The molecule has 1 aromatic rings. The molecule has 0 heterocycles. The van der Waals surface area contributed by atoms with Crippen LogP contribution in [-0.2, 0) is 0 Å². The molecule has 1 N–H and O–H groups in total. The highest BCUT2D eigenvalue weighted by molar-refractivity contribution is 5.23. The van der Waals surface area contributed by atoms with Crippen molar-refractivity contribution >= 4 is 0 Å². The zero-order valence-electron chi connectivity index (χ0n) is 10.7. The number of hydrogen-bond donors (Lipinski definition) is 1. The Kier molecular flexibility index (Phi) is 3.65. The van der Waals surface area contributed by atoms with Crippen LogP contribution in [0.2, 0.25) is 0 Å². The minimum Gasteiger partial charge on any atom is -0.307 e. The first-order valence-corrected chi connectivity index (χ1v) is 6.53. The molecule has 0 aliphatic heterocycles. The van der Waals surface area contributed by atoms with Crippen LogP contribution < -0.4 is 5.32 Å². The van der Waals surface area contributed by atoms with Crippen LogP contribution >= 0.6 is 0 Å². The molecule has 0 bridgehead atoms. The van der Waals surface area contributed by atoms with Gasteiger partial charge >= 0.3 is 0 Å². The second kappa shape index (κ2) is 5.01. The maximum absolute atomic E-state index is 3.76. The smallest absolute Gasteiger partial charge is 0.0294 e. The molecular weight excluding hydrogens is 194 g/mol. The molecule has 1 nitrogen and oxygen atoms in total. The Morgan fingerprint density at radius 3 is 2.38 bits per heavy atom. The van der Waals surface area contributed by atoms with Crippen LogP contribution in [0.25, 0.3) is 0 Å². The average Bonchev–Trinajstić information content (AvgIpc) is 3.10. The maximum atomic E-state index is 3.76. The van der Waals surface area contributed by atoms with E-state index in [0.717, 1.165) is 12.0 Å². The van der Waals surface area contributed by atoms with Crippen molar-refractivity contribution in [1.82, 2.24) is 5.32 Å². The third kappa shape index (κ3) is 2.85. The largest absolute Gasteiger partial charge is 0.307 e. The lowest BCUT2D eigenvalue weighted by Crippen LogP contribution is -2.32. The average molecular weight is 217 g/mol. The van der Waals surface area contributed by atoms with Gasteiger partial charge in [-0.05, 0) is 44.6 Å². The Morgan fingerprint density at radius 1 is 1.25 bits per heavy atom. The summed E-state index contributed by atoms with van der Waals surface area (Å²) in [5, 5.41) is 3.76. The van der Waals surface area contributed by atoms with E-state index >= 15 is 0 Å². The fourth-order valence-electron chi connectivity index (χ4n) is 2.36. The van der Waals surface area contributed by atoms with Gasteiger partial charge in [0, 0.05) is 12.1 Å². The fraction of sp³-hybridized carbons (Fsp3) is 0.600. The minimum atomic E-state index is 0.478. The zero-order chi connectivity index (χ0) is 11.5. The van der Waals surface area contributed by atoms with Gasteiger partial charge in [0.2, 0.25) is 0 Å². The van der Waals surface area contributed by atoms with E-state index in [9.17, 15) is 0 Å². The summed E-state index contributed by atoms with van der Waals surface area (Å²) in [5.41, 5.74) is 2.75. The standard InChI is InChI=1S/C15H23N/c1-4-15(14-9-10-14)16-12(3)13-7-5-11(2)6-8-13/h5-8,12,14-16H,4,9-10H2,1-3H3/t12-,15?/m1/s1. The van der Waals surface area contributed by atoms with Crippen LogP contribution in [0.15, 0.2) is 24.3 Å². The zero-order valence-corrected chi connectivity index (χ0v) is 10.7. The Labute approximate surface area is 99.3 Å². The van der Waals surface area contributed by atoms with Crippen molar-refractivity contribution in [2.45, 2.75) is 52.1 Å². The molecule has 2 atom stereocenters. The number of hydrogen-bond acceptors (Lipinski definition) is 1. The fourth-order valence-corrected chi connectivity index (χ4v) is 2.36. The van der Waals surface area contributed by atoms with Crippen LogP contribution in [0, 0.1) is 12.8 Å². The third-order valence-electron chi connectivity index (χ3n) is 3.67. The van der Waals surface area contributed by atoms with Gasteiger partial charge in [0.1, 0.15) is 0 Å². The lowest BCUT2D eigenvalue weighted by molar-refractivity contribution is 0.405. The van der Waals surface area contributed by atoms with Crippen LogP contribution in [0.1, 0.15) is 50.3 Å². The highest BCUT2D eigenvalue weighted by Crippen LogP contribution is 2.35. The molecule has 1 fully saturated rings. The van der Waals surface area contributed by atoms with Crippen molar-refractivity contribution in [3.63, 3.8) is 0 Å². The molecule has 1 aliphatic rings. The lowest BCUT2D eigenvalue weighted by Gasteiger charge is -2.22. The third-order valence-corrected chi connectivity index (χ3v) is 3.67. The molecule has 1 aliphatic carbocycles. The van der Waals surface area contributed by atoms with Gasteiger partial charge in [-0.2, -0.15) is 0 Å². The van der Waals surface area contributed by atoms with Gasteiger partial charge in [-0.1, -0.05) is 36.8 Å². The number of rotatable bonds is 5. The molecule has 1 saturated carbocycles. The van der Waals surface area contributed by atoms with Gasteiger partial charge in [-0.3, -0.25) is 0 Å².